The molecule has 2 atom stereocenters. The Bertz CT molecular complexity index is 474. The molecular weight excluding hydrogens is 254 g/mol. The van der Waals surface area contributed by atoms with Crippen LogP contribution < -0.4 is 0 Å². The average molecular weight is 283 g/mol. The Kier molecular flexibility index (Phi) is 3.79. The van der Waals surface area contributed by atoms with Gasteiger partial charge in [-0.25, -0.2) is 0 Å². The van der Waals surface area contributed by atoms with Crippen LogP contribution in [-0.2, 0) is 0 Å². The largest absolute Gasteiger partial charge is 0.300 e. The molecule has 114 valence electrons. The second-order valence-corrected chi connectivity index (χ2v) is 7.84. The number of benzene rings is 1. The van der Waals surface area contributed by atoms with Crippen LogP contribution in [0.25, 0.3) is 0 Å². The zero-order valence-electron chi connectivity index (χ0n) is 13.4. The number of hydrogen-bond donors (Lipinski definition) is 0. The van der Waals surface area contributed by atoms with Gasteiger partial charge in [0.25, 0.3) is 0 Å². The molecule has 4 rings (SSSR count). The zero-order valence-corrected chi connectivity index (χ0v) is 13.4. The van der Waals surface area contributed by atoms with Crippen LogP contribution in [0.1, 0.15) is 62.0 Å². The van der Waals surface area contributed by atoms with E-state index in [0.717, 1.165) is 23.8 Å². The number of likely N-dealkylation sites (tertiary alicyclic amines) is 1. The summed E-state index contributed by atoms with van der Waals surface area (Å²) in [6.07, 6.45) is 10.4. The minimum absolute atomic E-state index is 0.808. The fourth-order valence-electron chi connectivity index (χ4n) is 5.39. The molecule has 3 aliphatic rings. The van der Waals surface area contributed by atoms with Gasteiger partial charge in [0.1, 0.15) is 0 Å². The van der Waals surface area contributed by atoms with Gasteiger partial charge in [-0.1, -0.05) is 37.1 Å². The Morgan fingerprint density at radius 1 is 0.857 bits per heavy atom. The van der Waals surface area contributed by atoms with E-state index < -0.39 is 0 Å². The SMILES string of the molecule is Cc1ccccc1C1CCN(C2CC3CCC(C3)C2)CC1. The van der Waals surface area contributed by atoms with Crippen LogP contribution in [0, 0.1) is 18.8 Å². The molecule has 2 aliphatic carbocycles. The Balaban J connectivity index is 1.38. The predicted octanol–water partition coefficient (Wildman–Crippen LogP) is 4.75. The Morgan fingerprint density at radius 2 is 1.52 bits per heavy atom. The van der Waals surface area contributed by atoms with E-state index in [1.54, 1.807) is 12.0 Å². The maximum atomic E-state index is 2.85. The summed E-state index contributed by atoms with van der Waals surface area (Å²) < 4.78 is 0. The lowest BCUT2D eigenvalue weighted by atomic mass is 9.82. The van der Waals surface area contributed by atoms with Gasteiger partial charge in [-0.05, 0) is 81.0 Å². The summed E-state index contributed by atoms with van der Waals surface area (Å²) in [6.45, 7) is 4.95. The lowest BCUT2D eigenvalue weighted by Gasteiger charge is -2.41. The van der Waals surface area contributed by atoms with Crippen molar-refractivity contribution in [2.45, 2.75) is 63.8 Å². The van der Waals surface area contributed by atoms with Crippen molar-refractivity contribution in [1.82, 2.24) is 4.90 Å². The van der Waals surface area contributed by atoms with E-state index in [9.17, 15) is 0 Å². The Hall–Kier alpha value is -0.820. The average Bonchev–Trinajstić information content (AvgIpc) is 2.86. The van der Waals surface area contributed by atoms with Crippen molar-refractivity contribution >= 4 is 0 Å². The summed E-state index contributed by atoms with van der Waals surface area (Å²) in [5, 5.41) is 0. The molecule has 1 nitrogen and oxygen atoms in total. The molecule has 1 heteroatoms. The van der Waals surface area contributed by atoms with Crippen LogP contribution in [0.15, 0.2) is 24.3 Å². The van der Waals surface area contributed by atoms with Crippen molar-refractivity contribution in [3.8, 4) is 0 Å². The second kappa shape index (κ2) is 5.76. The molecule has 0 radical (unpaired) electrons. The third kappa shape index (κ3) is 2.77. The van der Waals surface area contributed by atoms with Gasteiger partial charge in [0.2, 0.25) is 0 Å². The number of rotatable bonds is 2. The van der Waals surface area contributed by atoms with Crippen LogP contribution in [0.2, 0.25) is 0 Å². The lowest BCUT2D eigenvalue weighted by molar-refractivity contribution is 0.0983. The summed E-state index contributed by atoms with van der Waals surface area (Å²) in [5.74, 6) is 2.95. The highest BCUT2D eigenvalue weighted by Gasteiger charge is 2.37. The van der Waals surface area contributed by atoms with E-state index in [1.165, 1.54) is 57.2 Å². The molecule has 1 saturated heterocycles. The summed E-state index contributed by atoms with van der Waals surface area (Å²) >= 11 is 0. The molecule has 2 bridgehead atoms. The fraction of sp³-hybridized carbons (Fsp3) is 0.700. The maximum absolute atomic E-state index is 2.85. The van der Waals surface area contributed by atoms with Crippen LogP contribution in [0.4, 0.5) is 0 Å². The minimum Gasteiger partial charge on any atom is -0.300 e. The maximum Gasteiger partial charge on any atom is 0.0100 e. The van der Waals surface area contributed by atoms with Gasteiger partial charge >= 0.3 is 0 Å². The van der Waals surface area contributed by atoms with E-state index in [4.69, 9.17) is 0 Å². The molecule has 1 aromatic carbocycles. The monoisotopic (exact) mass is 283 g/mol. The first-order chi connectivity index (χ1) is 10.3. The van der Waals surface area contributed by atoms with Crippen molar-refractivity contribution in [1.29, 1.82) is 0 Å². The molecule has 21 heavy (non-hydrogen) atoms. The molecule has 1 aromatic rings. The van der Waals surface area contributed by atoms with Gasteiger partial charge in [-0.2, -0.15) is 0 Å². The van der Waals surface area contributed by atoms with E-state index in [1.807, 2.05) is 0 Å². The zero-order chi connectivity index (χ0) is 14.2. The second-order valence-electron chi connectivity index (χ2n) is 7.84. The van der Waals surface area contributed by atoms with Gasteiger partial charge in [0.15, 0.2) is 0 Å². The van der Waals surface area contributed by atoms with E-state index >= 15 is 0 Å². The van der Waals surface area contributed by atoms with Gasteiger partial charge in [-0.15, -0.1) is 0 Å². The fourth-order valence-corrected chi connectivity index (χ4v) is 5.39. The Morgan fingerprint density at radius 3 is 2.19 bits per heavy atom. The van der Waals surface area contributed by atoms with Crippen molar-refractivity contribution in [2.24, 2.45) is 11.8 Å². The van der Waals surface area contributed by atoms with E-state index in [-0.39, 0.29) is 0 Å². The topological polar surface area (TPSA) is 3.24 Å². The minimum atomic E-state index is 0.808. The summed E-state index contributed by atoms with van der Waals surface area (Å²) in [6, 6.07) is 9.95. The molecule has 1 heterocycles. The van der Waals surface area contributed by atoms with Gasteiger partial charge in [0.05, 0.1) is 0 Å². The molecule has 2 saturated carbocycles. The molecule has 0 amide bonds. The van der Waals surface area contributed by atoms with Crippen molar-refractivity contribution in [3.63, 3.8) is 0 Å². The molecule has 2 unspecified atom stereocenters. The van der Waals surface area contributed by atoms with Gasteiger partial charge in [-0.3, -0.25) is 0 Å². The normalized spacial score (nSPS) is 34.2. The van der Waals surface area contributed by atoms with E-state index in [0.29, 0.717) is 0 Å². The quantitative estimate of drug-likeness (QED) is 0.757. The van der Waals surface area contributed by atoms with Crippen LogP contribution >= 0.6 is 0 Å². The van der Waals surface area contributed by atoms with Crippen LogP contribution in [0.3, 0.4) is 0 Å². The molecule has 0 N–H and O–H groups in total. The highest BCUT2D eigenvalue weighted by Crippen LogP contribution is 2.44. The van der Waals surface area contributed by atoms with Crippen molar-refractivity contribution in [3.05, 3.63) is 35.4 Å². The van der Waals surface area contributed by atoms with Crippen LogP contribution in [0.5, 0.6) is 0 Å². The molecular formula is C20H29N. The van der Waals surface area contributed by atoms with Crippen molar-refractivity contribution in [2.75, 3.05) is 13.1 Å². The first-order valence-electron chi connectivity index (χ1n) is 9.09. The van der Waals surface area contributed by atoms with Crippen molar-refractivity contribution < 1.29 is 0 Å². The molecule has 0 spiro atoms. The summed E-state index contributed by atoms with van der Waals surface area (Å²) in [4.78, 5) is 2.85. The highest BCUT2D eigenvalue weighted by molar-refractivity contribution is 5.29. The third-order valence-electron chi connectivity index (χ3n) is 6.53. The van der Waals surface area contributed by atoms with Crippen LogP contribution in [-0.4, -0.2) is 24.0 Å². The third-order valence-corrected chi connectivity index (χ3v) is 6.53. The number of hydrogen-bond acceptors (Lipinski definition) is 1. The van der Waals surface area contributed by atoms with Gasteiger partial charge in [0, 0.05) is 6.04 Å². The first-order valence-corrected chi connectivity index (χ1v) is 9.09. The lowest BCUT2D eigenvalue weighted by Crippen LogP contribution is -2.43. The van der Waals surface area contributed by atoms with E-state index in [2.05, 4.69) is 36.1 Å². The number of aryl methyl sites for hydroxylation is 1. The first kappa shape index (κ1) is 13.8. The molecule has 3 fully saturated rings. The Labute approximate surface area is 129 Å². The number of fused-ring (bicyclic) bond motifs is 2. The standard InChI is InChI=1S/C20H29N/c1-15-4-2-3-5-20(15)18-8-10-21(11-9-18)19-13-16-6-7-17(12-16)14-19/h2-5,16-19H,6-14H2,1H3. The smallest absolute Gasteiger partial charge is 0.0100 e. The molecule has 1 aliphatic heterocycles. The highest BCUT2D eigenvalue weighted by atomic mass is 15.2. The molecule has 0 aromatic heterocycles. The number of piperidine rings is 1. The summed E-state index contributed by atoms with van der Waals surface area (Å²) in [7, 11) is 0. The predicted molar refractivity (Wildman–Crippen MR) is 88.6 cm³/mol. The summed E-state index contributed by atoms with van der Waals surface area (Å²) in [5.41, 5.74) is 3.10. The number of nitrogens with zero attached hydrogens (tertiary/aromatic N) is 1. The van der Waals surface area contributed by atoms with Gasteiger partial charge < -0.3 is 4.90 Å².